The molecule has 3 rings (SSSR count). The molecular weight excluding hydrogens is 298 g/mol. The number of rotatable bonds is 2. The highest BCUT2D eigenvalue weighted by Crippen LogP contribution is 2.26. The molecule has 2 aromatic rings. The third-order valence-corrected chi connectivity index (χ3v) is 4.83. The molecule has 1 N–H and O–H groups in total. The molecule has 0 spiro atoms. The summed E-state index contributed by atoms with van der Waals surface area (Å²) in [5, 5.41) is 3.05. The first kappa shape index (κ1) is 16.5. The Bertz CT molecular complexity index is 714. The Hall–Kier alpha value is -2.36. The first-order valence-corrected chi connectivity index (χ1v) is 8.64. The van der Waals surface area contributed by atoms with Crippen LogP contribution in [0.5, 0.6) is 0 Å². The molecule has 2 atom stereocenters. The molecule has 1 aromatic heterocycles. The number of likely N-dealkylation sites (tertiary alicyclic amines) is 1. The molecule has 1 saturated heterocycles. The van der Waals surface area contributed by atoms with Gasteiger partial charge in [-0.15, -0.1) is 0 Å². The average molecular weight is 323 g/mol. The van der Waals surface area contributed by atoms with Crippen LogP contribution in [0.15, 0.2) is 42.6 Å². The van der Waals surface area contributed by atoms with E-state index in [0.717, 1.165) is 41.9 Å². The smallest absolute Gasteiger partial charge is 0.322 e. The van der Waals surface area contributed by atoms with Crippen LogP contribution in [0.3, 0.4) is 0 Å². The van der Waals surface area contributed by atoms with Crippen molar-refractivity contribution in [2.24, 2.45) is 5.92 Å². The van der Waals surface area contributed by atoms with Crippen molar-refractivity contribution in [3.8, 4) is 11.3 Å². The number of hydrogen-bond donors (Lipinski definition) is 1. The van der Waals surface area contributed by atoms with Crippen molar-refractivity contribution >= 4 is 11.7 Å². The molecule has 4 nitrogen and oxygen atoms in total. The number of carbonyl (C=O) groups excluding carboxylic acids is 1. The van der Waals surface area contributed by atoms with E-state index in [9.17, 15) is 4.79 Å². The molecule has 0 aliphatic carbocycles. The second-order valence-corrected chi connectivity index (χ2v) is 6.85. The normalized spacial score (nSPS) is 20.7. The van der Waals surface area contributed by atoms with Crippen LogP contribution in [0.4, 0.5) is 10.5 Å². The van der Waals surface area contributed by atoms with Gasteiger partial charge in [-0.1, -0.05) is 19.1 Å². The lowest BCUT2D eigenvalue weighted by Crippen LogP contribution is -2.46. The third kappa shape index (κ3) is 3.58. The molecule has 126 valence electrons. The van der Waals surface area contributed by atoms with Gasteiger partial charge in [0.2, 0.25) is 0 Å². The number of urea groups is 1. The monoisotopic (exact) mass is 323 g/mol. The number of hydrogen-bond acceptors (Lipinski definition) is 2. The Balaban J connectivity index is 1.77. The molecule has 2 heterocycles. The van der Waals surface area contributed by atoms with Gasteiger partial charge in [0.25, 0.3) is 0 Å². The first-order valence-electron chi connectivity index (χ1n) is 8.64. The number of carbonyl (C=O) groups is 1. The standard InChI is InChI=1S/C20H25N3O/c1-14-9-11-23(16(3)12-14)20(24)22-17-8-7-15(2)18(13-17)19-6-4-5-10-21-19/h4-8,10,13-14,16H,9,11-12H2,1-3H3,(H,22,24)/t14-,16?/m1/s1. The minimum absolute atomic E-state index is 0.00905. The molecule has 1 aromatic carbocycles. The van der Waals surface area contributed by atoms with E-state index in [2.05, 4.69) is 31.1 Å². The Labute approximate surface area is 143 Å². The van der Waals surface area contributed by atoms with Crippen LogP contribution >= 0.6 is 0 Å². The van der Waals surface area contributed by atoms with Crippen molar-refractivity contribution in [2.45, 2.75) is 39.7 Å². The highest BCUT2D eigenvalue weighted by molar-refractivity contribution is 5.90. The number of nitrogens with zero attached hydrogens (tertiary/aromatic N) is 2. The second kappa shape index (κ2) is 7.04. The number of aryl methyl sites for hydroxylation is 1. The van der Waals surface area contributed by atoms with Gasteiger partial charge in [-0.25, -0.2) is 4.79 Å². The van der Waals surface area contributed by atoms with E-state index in [1.165, 1.54) is 0 Å². The van der Waals surface area contributed by atoms with Crippen LogP contribution in [-0.4, -0.2) is 28.5 Å². The Morgan fingerprint density at radius 2 is 2.08 bits per heavy atom. The summed E-state index contributed by atoms with van der Waals surface area (Å²) in [5.41, 5.74) is 3.93. The van der Waals surface area contributed by atoms with Crippen LogP contribution in [0, 0.1) is 12.8 Å². The second-order valence-electron chi connectivity index (χ2n) is 6.85. The summed E-state index contributed by atoms with van der Waals surface area (Å²) < 4.78 is 0. The fourth-order valence-electron chi connectivity index (χ4n) is 3.40. The lowest BCUT2D eigenvalue weighted by Gasteiger charge is -2.36. The molecular formula is C20H25N3O. The molecule has 1 aliphatic rings. The van der Waals surface area contributed by atoms with Gasteiger partial charge in [0, 0.05) is 30.0 Å². The minimum Gasteiger partial charge on any atom is -0.322 e. The Morgan fingerprint density at radius 3 is 2.79 bits per heavy atom. The summed E-state index contributed by atoms with van der Waals surface area (Å²) in [4.78, 5) is 19.0. The van der Waals surface area contributed by atoms with Crippen molar-refractivity contribution < 1.29 is 4.79 Å². The van der Waals surface area contributed by atoms with Crippen molar-refractivity contribution in [1.82, 2.24) is 9.88 Å². The van der Waals surface area contributed by atoms with Crippen molar-refractivity contribution in [3.05, 3.63) is 48.2 Å². The van der Waals surface area contributed by atoms with Crippen LogP contribution in [0.2, 0.25) is 0 Å². The molecule has 24 heavy (non-hydrogen) atoms. The largest absolute Gasteiger partial charge is 0.322 e. The van der Waals surface area contributed by atoms with Crippen LogP contribution in [-0.2, 0) is 0 Å². The van der Waals surface area contributed by atoms with Crippen LogP contribution in [0.25, 0.3) is 11.3 Å². The number of anilines is 1. The number of pyridine rings is 1. The number of nitrogens with one attached hydrogen (secondary N) is 1. The van der Waals surface area contributed by atoms with Crippen molar-refractivity contribution in [1.29, 1.82) is 0 Å². The SMILES string of the molecule is Cc1ccc(NC(=O)N2CC[C@@H](C)CC2C)cc1-c1ccccn1. The molecule has 0 saturated carbocycles. The van der Waals surface area contributed by atoms with Crippen LogP contribution < -0.4 is 5.32 Å². The quantitative estimate of drug-likeness (QED) is 0.870. The van der Waals surface area contributed by atoms with Gasteiger partial charge in [-0.2, -0.15) is 0 Å². The summed E-state index contributed by atoms with van der Waals surface area (Å²) in [7, 11) is 0. The summed E-state index contributed by atoms with van der Waals surface area (Å²) in [5.74, 6) is 0.694. The fraction of sp³-hybridized carbons (Fsp3) is 0.400. The zero-order valence-electron chi connectivity index (χ0n) is 14.6. The third-order valence-electron chi connectivity index (χ3n) is 4.83. The Morgan fingerprint density at radius 1 is 1.25 bits per heavy atom. The van der Waals surface area contributed by atoms with E-state index >= 15 is 0 Å². The van der Waals surface area contributed by atoms with E-state index in [0.29, 0.717) is 5.92 Å². The molecule has 2 amide bonds. The maximum Gasteiger partial charge on any atom is 0.322 e. The van der Waals surface area contributed by atoms with Gasteiger partial charge in [0.15, 0.2) is 0 Å². The number of amides is 2. The summed E-state index contributed by atoms with van der Waals surface area (Å²) in [6.07, 6.45) is 3.93. The van der Waals surface area contributed by atoms with E-state index in [1.807, 2.05) is 41.3 Å². The van der Waals surface area contributed by atoms with Gasteiger partial charge in [-0.3, -0.25) is 4.98 Å². The van der Waals surface area contributed by atoms with Crippen LogP contribution in [0.1, 0.15) is 32.3 Å². The van der Waals surface area contributed by atoms with Gasteiger partial charge in [-0.05, 0) is 62.4 Å². The summed E-state index contributed by atoms with van der Waals surface area (Å²) >= 11 is 0. The lowest BCUT2D eigenvalue weighted by atomic mass is 9.94. The topological polar surface area (TPSA) is 45.2 Å². The number of aromatic nitrogens is 1. The van der Waals surface area contributed by atoms with E-state index in [-0.39, 0.29) is 12.1 Å². The van der Waals surface area contributed by atoms with Gasteiger partial charge in [0.05, 0.1) is 5.69 Å². The highest BCUT2D eigenvalue weighted by atomic mass is 16.2. The molecule has 0 bridgehead atoms. The average Bonchev–Trinajstić information content (AvgIpc) is 2.57. The Kier molecular flexibility index (Phi) is 4.84. The van der Waals surface area contributed by atoms with E-state index in [4.69, 9.17) is 0 Å². The van der Waals surface area contributed by atoms with Gasteiger partial charge >= 0.3 is 6.03 Å². The van der Waals surface area contributed by atoms with E-state index in [1.54, 1.807) is 6.20 Å². The predicted octanol–water partition coefficient (Wildman–Crippen LogP) is 4.71. The summed E-state index contributed by atoms with van der Waals surface area (Å²) in [6.45, 7) is 7.27. The van der Waals surface area contributed by atoms with Gasteiger partial charge in [0.1, 0.15) is 0 Å². The van der Waals surface area contributed by atoms with Crippen molar-refractivity contribution in [3.63, 3.8) is 0 Å². The van der Waals surface area contributed by atoms with E-state index < -0.39 is 0 Å². The molecule has 1 aliphatic heterocycles. The zero-order valence-corrected chi connectivity index (χ0v) is 14.6. The maximum absolute atomic E-state index is 12.6. The number of benzene rings is 1. The molecule has 4 heteroatoms. The van der Waals surface area contributed by atoms with Gasteiger partial charge < -0.3 is 10.2 Å². The highest BCUT2D eigenvalue weighted by Gasteiger charge is 2.26. The van der Waals surface area contributed by atoms with Crippen molar-refractivity contribution in [2.75, 3.05) is 11.9 Å². The lowest BCUT2D eigenvalue weighted by molar-refractivity contribution is 0.150. The predicted molar refractivity (Wildman–Crippen MR) is 98.0 cm³/mol. The molecule has 1 fully saturated rings. The number of piperidine rings is 1. The maximum atomic E-state index is 12.6. The first-order chi connectivity index (χ1) is 11.5. The summed E-state index contributed by atoms with van der Waals surface area (Å²) in [6, 6.07) is 12.1. The minimum atomic E-state index is -0.00905. The molecule has 1 unspecified atom stereocenters. The molecule has 0 radical (unpaired) electrons. The fourth-order valence-corrected chi connectivity index (χ4v) is 3.40. The zero-order chi connectivity index (χ0) is 17.1.